The number of hydrogen-bond acceptors (Lipinski definition) is 4. The SMILES string of the molecule is O=C(O)CCCCN1CCC2(CC1)OCCO2. The van der Waals surface area contributed by atoms with Gasteiger partial charge < -0.3 is 19.5 Å². The van der Waals surface area contributed by atoms with Crippen LogP contribution in [-0.2, 0) is 14.3 Å². The molecule has 0 unspecified atom stereocenters. The molecule has 2 fully saturated rings. The largest absolute Gasteiger partial charge is 0.481 e. The van der Waals surface area contributed by atoms with E-state index in [0.717, 1.165) is 58.5 Å². The standard InChI is InChI=1S/C12H21NO4/c14-11(15)3-1-2-6-13-7-4-12(5-8-13)16-9-10-17-12/h1-10H2,(H,14,15). The maximum absolute atomic E-state index is 10.4. The normalized spacial score (nSPS) is 24.2. The summed E-state index contributed by atoms with van der Waals surface area (Å²) in [7, 11) is 0. The lowest BCUT2D eigenvalue weighted by Gasteiger charge is -2.37. The van der Waals surface area contributed by atoms with Crippen molar-refractivity contribution in [1.29, 1.82) is 0 Å². The maximum atomic E-state index is 10.4. The first kappa shape index (κ1) is 12.8. The molecule has 2 saturated heterocycles. The smallest absolute Gasteiger partial charge is 0.303 e. The van der Waals surface area contributed by atoms with Crippen LogP contribution in [0.5, 0.6) is 0 Å². The summed E-state index contributed by atoms with van der Waals surface area (Å²) in [6.45, 7) is 4.42. The molecule has 0 atom stereocenters. The Kier molecular flexibility index (Phi) is 4.36. The zero-order valence-corrected chi connectivity index (χ0v) is 10.2. The molecule has 0 aromatic carbocycles. The molecule has 1 spiro atoms. The number of rotatable bonds is 5. The van der Waals surface area contributed by atoms with Gasteiger partial charge in [0.25, 0.3) is 0 Å². The van der Waals surface area contributed by atoms with E-state index in [4.69, 9.17) is 14.6 Å². The summed E-state index contributed by atoms with van der Waals surface area (Å²) in [6, 6.07) is 0. The molecule has 0 radical (unpaired) electrons. The second-order valence-electron chi connectivity index (χ2n) is 4.80. The van der Waals surface area contributed by atoms with Gasteiger partial charge in [0.2, 0.25) is 0 Å². The zero-order valence-electron chi connectivity index (χ0n) is 10.2. The number of likely N-dealkylation sites (tertiary alicyclic amines) is 1. The van der Waals surface area contributed by atoms with Gasteiger partial charge in [-0.15, -0.1) is 0 Å². The van der Waals surface area contributed by atoms with Gasteiger partial charge in [0.05, 0.1) is 13.2 Å². The van der Waals surface area contributed by atoms with Crippen LogP contribution >= 0.6 is 0 Å². The third-order valence-corrected chi connectivity index (χ3v) is 3.55. The van der Waals surface area contributed by atoms with Crippen LogP contribution < -0.4 is 0 Å². The molecule has 0 aromatic rings. The fourth-order valence-corrected chi connectivity index (χ4v) is 2.51. The molecule has 2 rings (SSSR count). The van der Waals surface area contributed by atoms with Crippen LogP contribution in [0.1, 0.15) is 32.1 Å². The molecular formula is C12H21NO4. The highest BCUT2D eigenvalue weighted by Gasteiger charge is 2.39. The molecule has 5 heteroatoms. The first-order chi connectivity index (χ1) is 8.20. The third-order valence-electron chi connectivity index (χ3n) is 3.55. The average Bonchev–Trinajstić information content (AvgIpc) is 2.75. The van der Waals surface area contributed by atoms with E-state index in [1.165, 1.54) is 0 Å². The van der Waals surface area contributed by atoms with Crippen LogP contribution in [0.25, 0.3) is 0 Å². The van der Waals surface area contributed by atoms with Crippen molar-refractivity contribution in [2.45, 2.75) is 37.9 Å². The minimum atomic E-state index is -0.699. The topological polar surface area (TPSA) is 59.0 Å². The number of ether oxygens (including phenoxy) is 2. The van der Waals surface area contributed by atoms with E-state index in [0.29, 0.717) is 0 Å². The molecule has 98 valence electrons. The summed E-state index contributed by atoms with van der Waals surface area (Å²) in [5.74, 6) is -0.993. The van der Waals surface area contributed by atoms with Gasteiger partial charge in [0.15, 0.2) is 5.79 Å². The lowest BCUT2D eigenvalue weighted by molar-refractivity contribution is -0.185. The number of hydrogen-bond donors (Lipinski definition) is 1. The molecular weight excluding hydrogens is 222 g/mol. The van der Waals surface area contributed by atoms with Crippen molar-refractivity contribution < 1.29 is 19.4 Å². The van der Waals surface area contributed by atoms with Crippen molar-refractivity contribution >= 4 is 5.97 Å². The van der Waals surface area contributed by atoms with Gasteiger partial charge >= 0.3 is 5.97 Å². The molecule has 2 aliphatic heterocycles. The van der Waals surface area contributed by atoms with E-state index < -0.39 is 5.97 Å². The number of unbranched alkanes of at least 4 members (excludes halogenated alkanes) is 1. The van der Waals surface area contributed by atoms with E-state index in [9.17, 15) is 4.79 Å². The quantitative estimate of drug-likeness (QED) is 0.732. The van der Waals surface area contributed by atoms with Crippen molar-refractivity contribution in [3.63, 3.8) is 0 Å². The number of piperidine rings is 1. The summed E-state index contributed by atoms with van der Waals surface area (Å²) in [4.78, 5) is 12.7. The number of nitrogens with zero attached hydrogens (tertiary/aromatic N) is 1. The predicted molar refractivity (Wildman–Crippen MR) is 61.8 cm³/mol. The number of carboxylic acids is 1. The lowest BCUT2D eigenvalue weighted by atomic mass is 10.0. The number of carbonyl (C=O) groups is 1. The van der Waals surface area contributed by atoms with Gasteiger partial charge in [-0.05, 0) is 19.4 Å². The van der Waals surface area contributed by atoms with E-state index in [1.807, 2.05) is 0 Å². The lowest BCUT2D eigenvalue weighted by Crippen LogP contribution is -2.45. The first-order valence-electron chi connectivity index (χ1n) is 6.42. The fraction of sp³-hybridized carbons (Fsp3) is 0.917. The molecule has 0 bridgehead atoms. The second-order valence-corrected chi connectivity index (χ2v) is 4.80. The monoisotopic (exact) mass is 243 g/mol. The average molecular weight is 243 g/mol. The summed E-state index contributed by atoms with van der Waals surface area (Å²) in [6.07, 6.45) is 3.88. The van der Waals surface area contributed by atoms with Gasteiger partial charge in [-0.3, -0.25) is 4.79 Å². The van der Waals surface area contributed by atoms with Crippen molar-refractivity contribution in [1.82, 2.24) is 4.90 Å². The minimum Gasteiger partial charge on any atom is -0.481 e. The van der Waals surface area contributed by atoms with Gasteiger partial charge in [-0.1, -0.05) is 0 Å². The summed E-state index contributed by atoms with van der Waals surface area (Å²) in [5.41, 5.74) is 0. The fourth-order valence-electron chi connectivity index (χ4n) is 2.51. The van der Waals surface area contributed by atoms with Crippen LogP contribution in [0.3, 0.4) is 0 Å². The highest BCUT2D eigenvalue weighted by atomic mass is 16.7. The van der Waals surface area contributed by atoms with Crippen LogP contribution in [0.2, 0.25) is 0 Å². The van der Waals surface area contributed by atoms with Crippen LogP contribution in [0.4, 0.5) is 0 Å². The van der Waals surface area contributed by atoms with Crippen LogP contribution in [0, 0.1) is 0 Å². The number of aliphatic carboxylic acids is 1. The van der Waals surface area contributed by atoms with Crippen LogP contribution in [0.15, 0.2) is 0 Å². The zero-order chi connectivity index (χ0) is 12.1. The Labute approximate surface area is 102 Å². The number of carboxylic acid groups (broad SMARTS) is 1. The molecule has 0 aromatic heterocycles. The van der Waals surface area contributed by atoms with Crippen molar-refractivity contribution in [2.24, 2.45) is 0 Å². The van der Waals surface area contributed by atoms with E-state index in [-0.39, 0.29) is 12.2 Å². The van der Waals surface area contributed by atoms with Gasteiger partial charge in [0.1, 0.15) is 0 Å². The van der Waals surface area contributed by atoms with Crippen LogP contribution in [-0.4, -0.2) is 54.6 Å². The molecule has 0 saturated carbocycles. The maximum Gasteiger partial charge on any atom is 0.303 e. The molecule has 5 nitrogen and oxygen atoms in total. The molecule has 0 amide bonds. The Balaban J connectivity index is 1.60. The van der Waals surface area contributed by atoms with E-state index >= 15 is 0 Å². The second kappa shape index (κ2) is 5.80. The Morgan fingerprint density at radius 3 is 2.41 bits per heavy atom. The van der Waals surface area contributed by atoms with Gasteiger partial charge in [0, 0.05) is 32.4 Å². The highest BCUT2D eigenvalue weighted by Crippen LogP contribution is 2.31. The molecule has 2 heterocycles. The van der Waals surface area contributed by atoms with E-state index in [2.05, 4.69) is 4.90 Å². The molecule has 0 aliphatic carbocycles. The molecule has 17 heavy (non-hydrogen) atoms. The summed E-state index contributed by atoms with van der Waals surface area (Å²) in [5, 5.41) is 8.54. The Bertz CT molecular complexity index is 253. The summed E-state index contributed by atoms with van der Waals surface area (Å²) >= 11 is 0. The Morgan fingerprint density at radius 1 is 1.18 bits per heavy atom. The summed E-state index contributed by atoms with van der Waals surface area (Å²) < 4.78 is 11.3. The van der Waals surface area contributed by atoms with Crippen molar-refractivity contribution in [3.05, 3.63) is 0 Å². The molecule has 2 aliphatic rings. The first-order valence-corrected chi connectivity index (χ1v) is 6.42. The van der Waals surface area contributed by atoms with Crippen molar-refractivity contribution in [2.75, 3.05) is 32.8 Å². The molecule has 1 N–H and O–H groups in total. The third kappa shape index (κ3) is 3.66. The highest BCUT2D eigenvalue weighted by molar-refractivity contribution is 5.66. The predicted octanol–water partition coefficient (Wildman–Crippen LogP) is 1.08. The van der Waals surface area contributed by atoms with Gasteiger partial charge in [-0.25, -0.2) is 0 Å². The minimum absolute atomic E-state index is 0.282. The van der Waals surface area contributed by atoms with E-state index in [1.54, 1.807) is 0 Å². The Hall–Kier alpha value is -0.650. The Morgan fingerprint density at radius 2 is 1.82 bits per heavy atom. The van der Waals surface area contributed by atoms with Crippen molar-refractivity contribution in [3.8, 4) is 0 Å². The van der Waals surface area contributed by atoms with Gasteiger partial charge in [-0.2, -0.15) is 0 Å².